The van der Waals surface area contributed by atoms with Gasteiger partial charge in [-0.15, -0.1) is 0 Å². The molecule has 2 atom stereocenters. The quantitative estimate of drug-likeness (QED) is 0.575. The number of ether oxygens (including phenoxy) is 1. The highest BCUT2D eigenvalue weighted by atomic mass is 19.1. The third-order valence-corrected chi connectivity index (χ3v) is 6.93. The fraction of sp³-hybridized carbons (Fsp3) is 0.241. The zero-order chi connectivity index (χ0) is 22.5. The first-order valence-electron chi connectivity index (χ1n) is 11.5. The van der Waals surface area contributed by atoms with Crippen LogP contribution in [0.2, 0.25) is 0 Å². The van der Waals surface area contributed by atoms with E-state index >= 15 is 0 Å². The summed E-state index contributed by atoms with van der Waals surface area (Å²) < 4.78 is 19.5. The fourth-order valence-corrected chi connectivity index (χ4v) is 5.29. The van der Waals surface area contributed by atoms with Crippen molar-refractivity contribution in [2.75, 3.05) is 6.54 Å². The van der Waals surface area contributed by atoms with Gasteiger partial charge in [0.25, 0.3) is 0 Å². The number of nitrogens with zero attached hydrogens (tertiary/aromatic N) is 1. The topological polar surface area (TPSA) is 38.7 Å². The molecule has 164 valence electrons. The van der Waals surface area contributed by atoms with Gasteiger partial charge >= 0.3 is 0 Å². The van der Waals surface area contributed by atoms with Crippen LogP contribution in [-0.4, -0.2) is 24.3 Å². The van der Waals surface area contributed by atoms with Crippen LogP contribution in [0.5, 0.6) is 0 Å². The minimum absolute atomic E-state index is 0.0408. The molecule has 0 radical (unpaired) electrons. The monoisotopic (exact) mass is 437 g/mol. The summed E-state index contributed by atoms with van der Waals surface area (Å²) in [5.74, 6) is 0.201. The lowest BCUT2D eigenvalue weighted by molar-refractivity contribution is 0.0946. The van der Waals surface area contributed by atoms with Crippen LogP contribution in [0.4, 0.5) is 4.39 Å². The number of hydrogen-bond acceptors (Lipinski definition) is 3. The van der Waals surface area contributed by atoms with Crippen molar-refractivity contribution in [1.82, 2.24) is 0 Å². The zero-order valence-electron chi connectivity index (χ0n) is 18.5. The standard InChI is InChI=1S/C29H24FNO2/c1-17-16-31-29(33-17)26-14-20-4-2-3-5-23(20)24-13-10-18-6-7-21(15-25(18)27(24)26)28(32)19-8-11-22(30)12-9-19/h2-5,8-13,15,17,21H,6-7,14,16H2,1H3. The van der Waals surface area contributed by atoms with E-state index in [9.17, 15) is 9.18 Å². The first kappa shape index (κ1) is 20.1. The third-order valence-electron chi connectivity index (χ3n) is 6.93. The van der Waals surface area contributed by atoms with E-state index in [-0.39, 0.29) is 23.6 Å². The van der Waals surface area contributed by atoms with Crippen LogP contribution >= 0.6 is 0 Å². The van der Waals surface area contributed by atoms with Crippen LogP contribution < -0.4 is 10.4 Å². The number of benzene rings is 3. The molecule has 3 aromatic rings. The average Bonchev–Trinajstić information content (AvgIpc) is 3.29. The van der Waals surface area contributed by atoms with Gasteiger partial charge in [-0.2, -0.15) is 0 Å². The van der Waals surface area contributed by atoms with E-state index in [2.05, 4.69) is 42.5 Å². The van der Waals surface area contributed by atoms with Crippen LogP contribution in [0.25, 0.3) is 22.8 Å². The van der Waals surface area contributed by atoms with Gasteiger partial charge in [0, 0.05) is 23.5 Å². The van der Waals surface area contributed by atoms with Crippen molar-refractivity contribution < 1.29 is 13.9 Å². The molecular formula is C29H24FNO2. The molecule has 33 heavy (non-hydrogen) atoms. The van der Waals surface area contributed by atoms with Crippen molar-refractivity contribution in [2.24, 2.45) is 10.9 Å². The minimum Gasteiger partial charge on any atom is -0.473 e. The predicted octanol–water partition coefficient (Wildman–Crippen LogP) is 4.24. The summed E-state index contributed by atoms with van der Waals surface area (Å²) in [6, 6.07) is 18.8. The summed E-state index contributed by atoms with van der Waals surface area (Å²) in [4.78, 5) is 18.0. The molecule has 0 N–H and O–H groups in total. The Morgan fingerprint density at radius 1 is 1.00 bits per heavy atom. The van der Waals surface area contributed by atoms with Crippen LogP contribution in [0.15, 0.2) is 65.7 Å². The maximum Gasteiger partial charge on any atom is 0.213 e. The second-order valence-electron chi connectivity index (χ2n) is 9.13. The van der Waals surface area contributed by atoms with Gasteiger partial charge in [-0.1, -0.05) is 42.5 Å². The highest BCUT2D eigenvalue weighted by Gasteiger charge is 2.28. The molecule has 0 aromatic heterocycles. The molecule has 0 amide bonds. The maximum atomic E-state index is 13.4. The van der Waals surface area contributed by atoms with Gasteiger partial charge in [-0.25, -0.2) is 9.38 Å². The normalized spacial score (nSPS) is 20.7. The van der Waals surface area contributed by atoms with Crippen molar-refractivity contribution in [3.63, 3.8) is 0 Å². The SMILES string of the molecule is CC1CN=C(C2=c3c(ccc4c3=CC(C(=O)c3ccc(F)cc3)CC4)-c3ccccc3C2)O1. The predicted molar refractivity (Wildman–Crippen MR) is 128 cm³/mol. The molecule has 3 nitrogen and oxygen atoms in total. The Bertz CT molecular complexity index is 1440. The molecule has 0 bridgehead atoms. The van der Waals surface area contributed by atoms with E-state index in [4.69, 9.17) is 9.73 Å². The number of fused-ring (bicyclic) bond motifs is 5. The van der Waals surface area contributed by atoms with E-state index in [0.717, 1.165) is 41.2 Å². The molecule has 2 unspecified atom stereocenters. The van der Waals surface area contributed by atoms with Gasteiger partial charge in [-0.3, -0.25) is 4.79 Å². The van der Waals surface area contributed by atoms with Crippen molar-refractivity contribution in [3.8, 4) is 11.1 Å². The highest BCUT2D eigenvalue weighted by molar-refractivity contribution is 6.16. The molecule has 0 fully saturated rings. The van der Waals surface area contributed by atoms with E-state index in [1.165, 1.54) is 34.4 Å². The summed E-state index contributed by atoms with van der Waals surface area (Å²) in [6.07, 6.45) is 4.54. The van der Waals surface area contributed by atoms with Gasteiger partial charge in [0.1, 0.15) is 11.9 Å². The largest absolute Gasteiger partial charge is 0.473 e. The summed E-state index contributed by atoms with van der Waals surface area (Å²) in [7, 11) is 0. The van der Waals surface area contributed by atoms with E-state index in [1.807, 2.05) is 6.92 Å². The van der Waals surface area contributed by atoms with Crippen LogP contribution in [0.1, 0.15) is 34.8 Å². The summed E-state index contributed by atoms with van der Waals surface area (Å²) in [5.41, 5.74) is 6.57. The molecule has 1 heterocycles. The molecule has 6 rings (SSSR count). The van der Waals surface area contributed by atoms with Crippen LogP contribution in [0.3, 0.4) is 0 Å². The highest BCUT2D eigenvalue weighted by Crippen LogP contribution is 2.30. The summed E-state index contributed by atoms with van der Waals surface area (Å²) in [6.45, 7) is 2.71. The molecular weight excluding hydrogens is 413 g/mol. The van der Waals surface area contributed by atoms with E-state index in [1.54, 1.807) is 12.1 Å². The van der Waals surface area contributed by atoms with Crippen molar-refractivity contribution in [1.29, 1.82) is 0 Å². The molecule has 0 spiro atoms. The number of Topliss-reactive ketones (excluding diaryl/α,β-unsaturated/α-hetero) is 1. The Kier molecular flexibility index (Phi) is 4.75. The fourth-order valence-electron chi connectivity index (χ4n) is 5.29. The third kappa shape index (κ3) is 3.41. The average molecular weight is 438 g/mol. The van der Waals surface area contributed by atoms with Gasteiger partial charge < -0.3 is 4.74 Å². The lowest BCUT2D eigenvalue weighted by Crippen LogP contribution is -2.40. The number of rotatable bonds is 3. The Hall–Kier alpha value is -3.53. The molecule has 3 aliphatic rings. The number of ketones is 1. The van der Waals surface area contributed by atoms with E-state index in [0.29, 0.717) is 12.1 Å². The van der Waals surface area contributed by atoms with Crippen LogP contribution in [0, 0.1) is 11.7 Å². The van der Waals surface area contributed by atoms with Crippen molar-refractivity contribution >= 4 is 23.3 Å². The second-order valence-corrected chi connectivity index (χ2v) is 9.13. The second kappa shape index (κ2) is 7.80. The Labute approximate surface area is 191 Å². The number of aliphatic imine (C=N–C) groups is 1. The van der Waals surface area contributed by atoms with E-state index < -0.39 is 0 Å². The summed E-state index contributed by atoms with van der Waals surface area (Å²) >= 11 is 0. The van der Waals surface area contributed by atoms with Gasteiger partial charge in [0.05, 0.1) is 6.54 Å². The van der Waals surface area contributed by atoms with Crippen molar-refractivity contribution in [2.45, 2.75) is 32.3 Å². The first-order chi connectivity index (χ1) is 16.1. The number of hydrogen-bond donors (Lipinski definition) is 0. The molecule has 3 aromatic carbocycles. The lowest BCUT2D eigenvalue weighted by Gasteiger charge is -2.24. The molecule has 0 saturated heterocycles. The summed E-state index contributed by atoms with van der Waals surface area (Å²) in [5, 5.41) is 2.27. The Balaban J connectivity index is 1.57. The number of halogens is 1. The van der Waals surface area contributed by atoms with Gasteiger partial charge in [0.2, 0.25) is 5.90 Å². The smallest absolute Gasteiger partial charge is 0.213 e. The number of aryl methyl sites for hydroxylation is 1. The number of carbonyl (C=O) groups is 1. The Morgan fingerprint density at radius 3 is 2.61 bits per heavy atom. The van der Waals surface area contributed by atoms with Gasteiger partial charge in [0.15, 0.2) is 5.78 Å². The zero-order valence-corrected chi connectivity index (χ0v) is 18.5. The lowest BCUT2D eigenvalue weighted by atomic mass is 9.80. The van der Waals surface area contributed by atoms with Gasteiger partial charge in [-0.05, 0) is 76.7 Å². The van der Waals surface area contributed by atoms with Crippen LogP contribution in [-0.2, 0) is 17.6 Å². The first-order valence-corrected chi connectivity index (χ1v) is 11.5. The number of carbonyl (C=O) groups excluding carboxylic acids is 1. The van der Waals surface area contributed by atoms with Crippen molar-refractivity contribution in [3.05, 3.63) is 93.6 Å². The molecule has 4 heteroatoms. The molecule has 2 aliphatic carbocycles. The molecule has 1 aliphatic heterocycles. The molecule has 0 saturated carbocycles. The Morgan fingerprint density at radius 2 is 1.82 bits per heavy atom. The minimum atomic E-state index is -0.330. The maximum absolute atomic E-state index is 13.4.